The molecule has 0 atom stereocenters. The minimum Gasteiger partial charge on any atom is -0.478 e. The summed E-state index contributed by atoms with van der Waals surface area (Å²) in [6, 6.07) is 4.21. The van der Waals surface area contributed by atoms with E-state index in [0.29, 0.717) is 12.1 Å². The molecule has 1 aromatic rings. The SMILES string of the molecule is O=C(O)c1cccc(F)c1CN1CCCC1. The average molecular weight is 223 g/mol. The third kappa shape index (κ3) is 2.22. The Labute approximate surface area is 93.5 Å². The van der Waals surface area contributed by atoms with Crippen molar-refractivity contribution >= 4 is 5.97 Å². The van der Waals surface area contributed by atoms with E-state index >= 15 is 0 Å². The minimum absolute atomic E-state index is 0.0758. The first-order chi connectivity index (χ1) is 7.68. The molecular formula is C12H14FNO2. The molecule has 4 heteroatoms. The number of hydrogen-bond acceptors (Lipinski definition) is 2. The molecule has 0 bridgehead atoms. The Morgan fingerprint density at radius 1 is 1.38 bits per heavy atom. The lowest BCUT2D eigenvalue weighted by Crippen LogP contribution is -2.21. The van der Waals surface area contributed by atoms with Gasteiger partial charge in [0.05, 0.1) is 5.56 Å². The van der Waals surface area contributed by atoms with Crippen LogP contribution in [0.15, 0.2) is 18.2 Å². The fourth-order valence-corrected chi connectivity index (χ4v) is 2.08. The van der Waals surface area contributed by atoms with Gasteiger partial charge in [-0.2, -0.15) is 0 Å². The number of halogens is 1. The zero-order valence-electron chi connectivity index (χ0n) is 8.95. The summed E-state index contributed by atoms with van der Waals surface area (Å²) in [5.74, 6) is -1.49. The summed E-state index contributed by atoms with van der Waals surface area (Å²) in [5, 5.41) is 8.98. The normalized spacial score (nSPS) is 16.6. The molecule has 1 heterocycles. The largest absolute Gasteiger partial charge is 0.478 e. The van der Waals surface area contributed by atoms with Crippen molar-refractivity contribution in [3.05, 3.63) is 35.1 Å². The highest BCUT2D eigenvalue weighted by Gasteiger charge is 2.19. The van der Waals surface area contributed by atoms with Gasteiger partial charge in [-0.15, -0.1) is 0 Å². The Hall–Kier alpha value is -1.42. The molecule has 0 aromatic heterocycles. The molecule has 0 unspecified atom stereocenters. The Bertz CT molecular complexity index is 400. The number of nitrogens with zero attached hydrogens (tertiary/aromatic N) is 1. The monoisotopic (exact) mass is 223 g/mol. The third-order valence-corrected chi connectivity index (χ3v) is 2.93. The molecule has 1 aliphatic rings. The summed E-state index contributed by atoms with van der Waals surface area (Å²) in [4.78, 5) is 13.1. The maximum absolute atomic E-state index is 13.6. The Balaban J connectivity index is 2.26. The van der Waals surface area contributed by atoms with Crippen LogP contribution >= 0.6 is 0 Å². The molecule has 0 amide bonds. The molecule has 86 valence electrons. The molecule has 1 aliphatic heterocycles. The smallest absolute Gasteiger partial charge is 0.336 e. The van der Waals surface area contributed by atoms with Crippen molar-refractivity contribution in [2.45, 2.75) is 19.4 Å². The van der Waals surface area contributed by atoms with Crippen LogP contribution in [-0.2, 0) is 6.54 Å². The van der Waals surface area contributed by atoms with Crippen LogP contribution in [0.2, 0.25) is 0 Å². The second kappa shape index (κ2) is 4.61. The lowest BCUT2D eigenvalue weighted by atomic mass is 10.1. The van der Waals surface area contributed by atoms with Crippen molar-refractivity contribution in [1.82, 2.24) is 4.90 Å². The first kappa shape index (κ1) is 11.1. The number of carbonyl (C=O) groups is 1. The van der Waals surface area contributed by atoms with E-state index < -0.39 is 11.8 Å². The van der Waals surface area contributed by atoms with Crippen molar-refractivity contribution in [2.75, 3.05) is 13.1 Å². The van der Waals surface area contributed by atoms with E-state index in [1.165, 1.54) is 18.2 Å². The molecule has 0 radical (unpaired) electrons. The fraction of sp³-hybridized carbons (Fsp3) is 0.417. The molecule has 2 rings (SSSR count). The Morgan fingerprint density at radius 3 is 2.69 bits per heavy atom. The lowest BCUT2D eigenvalue weighted by Gasteiger charge is -2.16. The van der Waals surface area contributed by atoms with Crippen LogP contribution in [0.25, 0.3) is 0 Å². The van der Waals surface area contributed by atoms with Crippen LogP contribution in [-0.4, -0.2) is 29.1 Å². The van der Waals surface area contributed by atoms with Gasteiger partial charge >= 0.3 is 5.97 Å². The number of carboxylic acids is 1. The predicted molar refractivity (Wildman–Crippen MR) is 57.9 cm³/mol. The number of hydrogen-bond donors (Lipinski definition) is 1. The summed E-state index contributed by atoms with van der Waals surface area (Å²) in [6.07, 6.45) is 2.22. The third-order valence-electron chi connectivity index (χ3n) is 2.93. The first-order valence-electron chi connectivity index (χ1n) is 5.41. The number of rotatable bonds is 3. The van der Waals surface area contributed by atoms with Gasteiger partial charge < -0.3 is 5.11 Å². The summed E-state index contributed by atoms with van der Waals surface area (Å²) in [7, 11) is 0. The highest BCUT2D eigenvalue weighted by Crippen LogP contribution is 2.19. The van der Waals surface area contributed by atoms with Crippen LogP contribution in [0.3, 0.4) is 0 Å². The van der Waals surface area contributed by atoms with Gasteiger partial charge in [-0.25, -0.2) is 9.18 Å². The van der Waals surface area contributed by atoms with Crippen molar-refractivity contribution in [3.63, 3.8) is 0 Å². The Morgan fingerprint density at radius 2 is 2.06 bits per heavy atom. The molecule has 0 saturated carbocycles. The zero-order chi connectivity index (χ0) is 11.5. The molecule has 0 spiro atoms. The second-order valence-corrected chi connectivity index (χ2v) is 4.05. The van der Waals surface area contributed by atoms with Crippen LogP contribution in [0, 0.1) is 5.82 Å². The summed E-state index contributed by atoms with van der Waals surface area (Å²) < 4.78 is 13.6. The summed E-state index contributed by atoms with van der Waals surface area (Å²) in [6.45, 7) is 2.25. The van der Waals surface area contributed by atoms with Gasteiger partial charge in [-0.05, 0) is 38.1 Å². The quantitative estimate of drug-likeness (QED) is 0.853. The van der Waals surface area contributed by atoms with Gasteiger partial charge in [-0.1, -0.05) is 6.07 Å². The van der Waals surface area contributed by atoms with E-state index in [9.17, 15) is 9.18 Å². The van der Waals surface area contributed by atoms with Crippen LogP contribution in [0.5, 0.6) is 0 Å². The van der Waals surface area contributed by atoms with Gasteiger partial charge in [0, 0.05) is 12.1 Å². The topological polar surface area (TPSA) is 40.5 Å². The van der Waals surface area contributed by atoms with E-state index in [2.05, 4.69) is 4.90 Å². The molecule has 3 nitrogen and oxygen atoms in total. The first-order valence-corrected chi connectivity index (χ1v) is 5.41. The maximum Gasteiger partial charge on any atom is 0.336 e. The van der Waals surface area contributed by atoms with Gasteiger partial charge in [0.1, 0.15) is 5.82 Å². The maximum atomic E-state index is 13.6. The number of benzene rings is 1. The molecule has 1 aromatic carbocycles. The van der Waals surface area contributed by atoms with Crippen LogP contribution < -0.4 is 0 Å². The molecule has 1 N–H and O–H groups in total. The summed E-state index contributed by atoms with van der Waals surface area (Å²) >= 11 is 0. The van der Waals surface area contributed by atoms with Crippen LogP contribution in [0.4, 0.5) is 4.39 Å². The van der Waals surface area contributed by atoms with Gasteiger partial charge in [0.2, 0.25) is 0 Å². The zero-order valence-corrected chi connectivity index (χ0v) is 8.95. The lowest BCUT2D eigenvalue weighted by molar-refractivity contribution is 0.0694. The summed E-state index contributed by atoms with van der Waals surface area (Å²) in [5.41, 5.74) is 0.379. The molecule has 1 saturated heterocycles. The Kier molecular flexibility index (Phi) is 3.19. The van der Waals surface area contributed by atoms with Crippen molar-refractivity contribution in [2.24, 2.45) is 0 Å². The molecular weight excluding hydrogens is 209 g/mol. The van der Waals surface area contributed by atoms with E-state index in [0.717, 1.165) is 25.9 Å². The van der Waals surface area contributed by atoms with Crippen molar-refractivity contribution in [3.8, 4) is 0 Å². The highest BCUT2D eigenvalue weighted by molar-refractivity contribution is 5.89. The van der Waals surface area contributed by atoms with Crippen molar-refractivity contribution < 1.29 is 14.3 Å². The van der Waals surface area contributed by atoms with E-state index in [1.807, 2.05) is 0 Å². The molecule has 16 heavy (non-hydrogen) atoms. The number of carboxylic acid groups (broad SMARTS) is 1. The van der Waals surface area contributed by atoms with Gasteiger partial charge in [-0.3, -0.25) is 4.90 Å². The fourth-order valence-electron chi connectivity index (χ4n) is 2.08. The van der Waals surface area contributed by atoms with Crippen molar-refractivity contribution in [1.29, 1.82) is 0 Å². The van der Waals surface area contributed by atoms with Gasteiger partial charge in [0.25, 0.3) is 0 Å². The number of likely N-dealkylation sites (tertiary alicyclic amines) is 1. The predicted octanol–water partition coefficient (Wildman–Crippen LogP) is 2.12. The highest BCUT2D eigenvalue weighted by atomic mass is 19.1. The average Bonchev–Trinajstić information content (AvgIpc) is 2.73. The van der Waals surface area contributed by atoms with E-state index in [1.54, 1.807) is 0 Å². The van der Waals surface area contributed by atoms with Gasteiger partial charge in [0.15, 0.2) is 0 Å². The minimum atomic E-state index is -1.06. The van der Waals surface area contributed by atoms with E-state index in [4.69, 9.17) is 5.11 Å². The number of aromatic carboxylic acids is 1. The standard InChI is InChI=1S/C12H14FNO2/c13-11-5-3-4-9(12(15)16)10(11)8-14-6-1-2-7-14/h3-5H,1-2,6-8H2,(H,15,16). The molecule has 1 fully saturated rings. The molecule has 0 aliphatic carbocycles. The van der Waals surface area contributed by atoms with E-state index in [-0.39, 0.29) is 5.56 Å². The second-order valence-electron chi connectivity index (χ2n) is 4.05. The van der Waals surface area contributed by atoms with Crippen LogP contribution in [0.1, 0.15) is 28.8 Å².